The van der Waals surface area contributed by atoms with Gasteiger partial charge in [-0.1, -0.05) is 23.7 Å². The van der Waals surface area contributed by atoms with Crippen molar-refractivity contribution in [2.45, 2.75) is 18.6 Å². The molecular weight excluding hydrogens is 258 g/mol. The van der Waals surface area contributed by atoms with Gasteiger partial charge in [-0.2, -0.15) is 0 Å². The SMILES string of the molecule is COc1ccc(COCC[C@H](Cl)OB(O)O)cc1. The molecule has 7 heteroatoms. The third-order valence-electron chi connectivity index (χ3n) is 2.19. The van der Waals surface area contributed by atoms with Gasteiger partial charge < -0.3 is 24.2 Å². The second kappa shape index (κ2) is 8.34. The Bertz CT molecular complexity index is 333. The molecule has 0 saturated carbocycles. The predicted octanol–water partition coefficient (Wildman–Crippen LogP) is 1.15. The van der Waals surface area contributed by atoms with Gasteiger partial charge in [-0.15, -0.1) is 0 Å². The van der Waals surface area contributed by atoms with E-state index in [0.29, 0.717) is 19.6 Å². The fourth-order valence-corrected chi connectivity index (χ4v) is 1.47. The van der Waals surface area contributed by atoms with E-state index in [2.05, 4.69) is 4.65 Å². The Morgan fingerprint density at radius 2 is 1.94 bits per heavy atom. The van der Waals surface area contributed by atoms with Crippen LogP contribution in [0.1, 0.15) is 12.0 Å². The molecule has 0 saturated heterocycles. The van der Waals surface area contributed by atoms with Crippen LogP contribution >= 0.6 is 11.6 Å². The second-order valence-corrected chi connectivity index (χ2v) is 4.05. The number of ether oxygens (including phenoxy) is 2. The van der Waals surface area contributed by atoms with Crippen LogP contribution in [0.15, 0.2) is 24.3 Å². The van der Waals surface area contributed by atoms with E-state index in [0.717, 1.165) is 11.3 Å². The van der Waals surface area contributed by atoms with Gasteiger partial charge in [0.15, 0.2) is 0 Å². The summed E-state index contributed by atoms with van der Waals surface area (Å²) in [4.78, 5) is 0. The Morgan fingerprint density at radius 1 is 1.28 bits per heavy atom. The van der Waals surface area contributed by atoms with E-state index in [1.807, 2.05) is 24.3 Å². The van der Waals surface area contributed by atoms with Crippen molar-refractivity contribution in [3.8, 4) is 5.75 Å². The highest BCUT2D eigenvalue weighted by atomic mass is 35.5. The van der Waals surface area contributed by atoms with Gasteiger partial charge >= 0.3 is 7.32 Å². The van der Waals surface area contributed by atoms with Crippen LogP contribution in [0.3, 0.4) is 0 Å². The van der Waals surface area contributed by atoms with E-state index in [-0.39, 0.29) is 0 Å². The van der Waals surface area contributed by atoms with Crippen LogP contribution in [0.4, 0.5) is 0 Å². The molecular formula is C11H16BClO5. The molecule has 0 unspecified atom stereocenters. The highest BCUT2D eigenvalue weighted by Crippen LogP contribution is 2.12. The first-order valence-electron chi connectivity index (χ1n) is 5.48. The van der Waals surface area contributed by atoms with Crippen molar-refractivity contribution in [1.82, 2.24) is 0 Å². The lowest BCUT2D eigenvalue weighted by Crippen LogP contribution is -2.23. The van der Waals surface area contributed by atoms with Crippen LogP contribution in [0.5, 0.6) is 5.75 Å². The summed E-state index contributed by atoms with van der Waals surface area (Å²) in [5.41, 5.74) is 0.242. The molecule has 5 nitrogen and oxygen atoms in total. The molecule has 0 heterocycles. The van der Waals surface area contributed by atoms with Crippen molar-refractivity contribution >= 4 is 18.9 Å². The number of halogens is 1. The molecule has 0 spiro atoms. The Hall–Kier alpha value is -0.785. The van der Waals surface area contributed by atoms with Crippen molar-refractivity contribution in [3.63, 3.8) is 0 Å². The number of alkyl halides is 1. The standard InChI is InChI=1S/C11H16BClO5/c1-16-10-4-2-9(3-5-10)8-17-7-6-11(13)18-12(14)15/h2-5,11,14-15H,6-8H2,1H3/t11-/m1/s1. The summed E-state index contributed by atoms with van der Waals surface area (Å²) in [7, 11) is -0.240. The molecule has 1 atom stereocenters. The Balaban J connectivity index is 2.17. The maximum absolute atomic E-state index is 8.50. The fourth-order valence-electron chi connectivity index (χ4n) is 1.29. The molecule has 0 aliphatic heterocycles. The minimum absolute atomic E-state index is 0.368. The predicted molar refractivity (Wildman–Crippen MR) is 68.2 cm³/mol. The van der Waals surface area contributed by atoms with Crippen molar-refractivity contribution in [1.29, 1.82) is 0 Å². The number of methoxy groups -OCH3 is 1. The van der Waals surface area contributed by atoms with E-state index in [1.54, 1.807) is 7.11 Å². The highest BCUT2D eigenvalue weighted by Gasteiger charge is 2.15. The third-order valence-corrected chi connectivity index (χ3v) is 2.51. The number of hydrogen-bond donors (Lipinski definition) is 2. The molecule has 0 fully saturated rings. The van der Waals surface area contributed by atoms with Gasteiger partial charge in [0.25, 0.3) is 0 Å². The van der Waals surface area contributed by atoms with E-state index in [1.165, 1.54) is 0 Å². The normalized spacial score (nSPS) is 12.2. The highest BCUT2D eigenvalue weighted by molar-refractivity contribution is 6.34. The minimum Gasteiger partial charge on any atom is -0.497 e. The minimum atomic E-state index is -1.85. The summed E-state index contributed by atoms with van der Waals surface area (Å²) >= 11 is 5.66. The lowest BCUT2D eigenvalue weighted by molar-refractivity contribution is 0.0868. The van der Waals surface area contributed by atoms with Crippen LogP contribution in [0.2, 0.25) is 0 Å². The van der Waals surface area contributed by atoms with Gasteiger partial charge in [0, 0.05) is 6.42 Å². The van der Waals surface area contributed by atoms with Gasteiger partial charge in [0.1, 0.15) is 11.3 Å². The maximum Gasteiger partial charge on any atom is 0.635 e. The molecule has 1 aromatic carbocycles. The Kier molecular flexibility index (Phi) is 7.08. The number of rotatable bonds is 8. The Labute approximate surface area is 111 Å². The summed E-state index contributed by atoms with van der Waals surface area (Å²) in [5, 5.41) is 17.0. The van der Waals surface area contributed by atoms with Crippen molar-refractivity contribution < 1.29 is 24.2 Å². The quantitative estimate of drug-likeness (QED) is 0.423. The van der Waals surface area contributed by atoms with E-state index in [9.17, 15) is 0 Å². The second-order valence-electron chi connectivity index (χ2n) is 3.56. The van der Waals surface area contributed by atoms with Crippen LogP contribution in [0.25, 0.3) is 0 Å². The average Bonchev–Trinajstić information content (AvgIpc) is 2.34. The summed E-state index contributed by atoms with van der Waals surface area (Å²) < 4.78 is 14.9. The molecule has 0 amide bonds. The monoisotopic (exact) mass is 274 g/mol. The first kappa shape index (κ1) is 15.3. The van der Waals surface area contributed by atoms with Gasteiger partial charge in [-0.3, -0.25) is 0 Å². The summed E-state index contributed by atoms with van der Waals surface area (Å²) in [6.45, 7) is 0.822. The van der Waals surface area contributed by atoms with Crippen LogP contribution < -0.4 is 4.74 Å². The van der Waals surface area contributed by atoms with Gasteiger partial charge in [0.2, 0.25) is 0 Å². The molecule has 0 aromatic heterocycles. The van der Waals surface area contributed by atoms with E-state index < -0.39 is 12.9 Å². The van der Waals surface area contributed by atoms with Gasteiger partial charge in [-0.05, 0) is 17.7 Å². The smallest absolute Gasteiger partial charge is 0.497 e. The zero-order valence-electron chi connectivity index (χ0n) is 10.1. The molecule has 0 aliphatic carbocycles. The first-order valence-corrected chi connectivity index (χ1v) is 5.92. The Morgan fingerprint density at radius 3 is 2.50 bits per heavy atom. The molecule has 1 aromatic rings. The molecule has 1 rings (SSSR count). The van der Waals surface area contributed by atoms with Crippen LogP contribution in [0, 0.1) is 0 Å². The zero-order chi connectivity index (χ0) is 13.4. The van der Waals surface area contributed by atoms with Crippen LogP contribution in [-0.2, 0) is 16.0 Å². The lowest BCUT2D eigenvalue weighted by Gasteiger charge is -2.10. The van der Waals surface area contributed by atoms with Crippen molar-refractivity contribution in [2.24, 2.45) is 0 Å². The molecule has 0 radical (unpaired) electrons. The van der Waals surface area contributed by atoms with E-state index >= 15 is 0 Å². The summed E-state index contributed by atoms with van der Waals surface area (Å²) in [5.74, 6) is 0.796. The first-order chi connectivity index (χ1) is 8.61. The maximum atomic E-state index is 8.50. The van der Waals surface area contributed by atoms with E-state index in [4.69, 9.17) is 31.1 Å². The summed E-state index contributed by atoms with van der Waals surface area (Å²) in [6, 6.07) is 7.53. The largest absolute Gasteiger partial charge is 0.635 e. The number of hydrogen-bond acceptors (Lipinski definition) is 5. The van der Waals surface area contributed by atoms with Gasteiger partial charge in [0.05, 0.1) is 20.3 Å². The van der Waals surface area contributed by atoms with Crippen molar-refractivity contribution in [2.75, 3.05) is 13.7 Å². The van der Waals surface area contributed by atoms with Gasteiger partial charge in [-0.25, -0.2) is 0 Å². The molecule has 100 valence electrons. The molecule has 0 aliphatic rings. The number of benzene rings is 1. The third kappa shape index (κ3) is 6.23. The molecule has 18 heavy (non-hydrogen) atoms. The average molecular weight is 275 g/mol. The van der Waals surface area contributed by atoms with Crippen molar-refractivity contribution in [3.05, 3.63) is 29.8 Å². The van der Waals surface area contributed by atoms with Crippen LogP contribution in [-0.4, -0.2) is 36.6 Å². The fraction of sp³-hybridized carbons (Fsp3) is 0.455. The topological polar surface area (TPSA) is 68.2 Å². The zero-order valence-corrected chi connectivity index (χ0v) is 10.8. The molecule has 2 N–H and O–H groups in total. The summed E-state index contributed by atoms with van der Waals surface area (Å²) in [6.07, 6.45) is 0.370. The lowest BCUT2D eigenvalue weighted by atomic mass is 10.2. The molecule has 0 bridgehead atoms.